The van der Waals surface area contributed by atoms with Crippen molar-refractivity contribution in [3.63, 3.8) is 0 Å². The van der Waals surface area contributed by atoms with Gasteiger partial charge in [-0.1, -0.05) is 23.7 Å². The average Bonchev–Trinajstić information content (AvgIpc) is 3.45. The highest BCUT2D eigenvalue weighted by atomic mass is 32.2. The van der Waals surface area contributed by atoms with Crippen molar-refractivity contribution in [3.8, 4) is 0 Å². The number of anilines is 3. The number of morpholine rings is 1. The van der Waals surface area contributed by atoms with E-state index in [1.54, 1.807) is 24.5 Å². The van der Waals surface area contributed by atoms with Gasteiger partial charge in [0, 0.05) is 44.3 Å². The molecule has 2 aliphatic rings. The van der Waals surface area contributed by atoms with E-state index in [1.807, 2.05) is 0 Å². The highest BCUT2D eigenvalue weighted by molar-refractivity contribution is 7.88. The number of nitrogens with zero attached hydrogens (tertiary/aromatic N) is 3. The van der Waals surface area contributed by atoms with Gasteiger partial charge < -0.3 is 15.4 Å². The van der Waals surface area contributed by atoms with Crippen molar-refractivity contribution in [2.45, 2.75) is 51.0 Å². The van der Waals surface area contributed by atoms with Gasteiger partial charge in [0.15, 0.2) is 0 Å². The van der Waals surface area contributed by atoms with Crippen molar-refractivity contribution in [2.24, 2.45) is 0 Å². The molecule has 12 heteroatoms. The third-order valence-electron chi connectivity index (χ3n) is 6.87. The van der Waals surface area contributed by atoms with Gasteiger partial charge in [-0.05, 0) is 37.8 Å². The molecule has 204 valence electrons. The first-order valence-electron chi connectivity index (χ1n) is 13.1. The lowest BCUT2D eigenvalue weighted by Crippen LogP contribution is -2.43. The first-order valence-corrected chi connectivity index (χ1v) is 14.8. The van der Waals surface area contributed by atoms with Crippen LogP contribution in [0.15, 0.2) is 34.1 Å². The lowest BCUT2D eigenvalue weighted by Gasteiger charge is -2.30. The quantitative estimate of drug-likeness (QED) is 0.198. The van der Waals surface area contributed by atoms with Crippen molar-refractivity contribution in [3.05, 3.63) is 45.0 Å². The lowest BCUT2D eigenvalue weighted by atomic mass is 10.1. The van der Waals surface area contributed by atoms with Crippen LogP contribution < -0.4 is 21.5 Å². The van der Waals surface area contributed by atoms with Crippen LogP contribution in [0.25, 0.3) is 0 Å². The van der Waals surface area contributed by atoms with Crippen LogP contribution in [-0.2, 0) is 19.6 Å². The van der Waals surface area contributed by atoms with E-state index in [0.717, 1.165) is 38.8 Å². The Morgan fingerprint density at radius 2 is 1.73 bits per heavy atom. The van der Waals surface area contributed by atoms with Crippen molar-refractivity contribution in [2.75, 3.05) is 62.4 Å². The standard InChI is InChI=1S/C25H37N5O6S/c31-24-22(23(25(24)32)28-20-8-11-26-12-9-20)27-10-4-1-5-19-37(33,34)30(21-6-2-3-7-21)36-18-15-29-13-16-35-17-14-29/h8-9,11-12,21,27H,1-7,10,13-19H2,(H,26,28). The Balaban J connectivity index is 1.20. The molecule has 37 heavy (non-hydrogen) atoms. The number of rotatable bonds is 15. The highest BCUT2D eigenvalue weighted by Gasteiger charge is 2.33. The summed E-state index contributed by atoms with van der Waals surface area (Å²) < 4.78 is 32.9. The maximum absolute atomic E-state index is 13.1. The number of pyridine rings is 1. The highest BCUT2D eigenvalue weighted by Crippen LogP contribution is 2.27. The summed E-state index contributed by atoms with van der Waals surface area (Å²) in [4.78, 5) is 35.9. The van der Waals surface area contributed by atoms with Crippen molar-refractivity contribution < 1.29 is 18.0 Å². The summed E-state index contributed by atoms with van der Waals surface area (Å²) >= 11 is 0. The molecule has 2 fully saturated rings. The Labute approximate surface area is 217 Å². The maximum atomic E-state index is 13.1. The second-order valence-corrected chi connectivity index (χ2v) is 11.5. The van der Waals surface area contributed by atoms with Crippen LogP contribution in [0.1, 0.15) is 44.9 Å². The molecule has 0 bridgehead atoms. The number of hydroxylamine groups is 1. The van der Waals surface area contributed by atoms with Crippen LogP contribution >= 0.6 is 0 Å². The summed E-state index contributed by atoms with van der Waals surface area (Å²) in [6.07, 6.45) is 8.72. The Morgan fingerprint density at radius 3 is 2.46 bits per heavy atom. The molecule has 2 heterocycles. The van der Waals surface area contributed by atoms with Gasteiger partial charge in [-0.3, -0.25) is 24.3 Å². The first-order chi connectivity index (χ1) is 18.0. The van der Waals surface area contributed by atoms with Gasteiger partial charge >= 0.3 is 0 Å². The van der Waals surface area contributed by atoms with Crippen molar-refractivity contribution in [1.82, 2.24) is 14.4 Å². The molecule has 0 radical (unpaired) electrons. The van der Waals surface area contributed by atoms with E-state index in [2.05, 4.69) is 20.5 Å². The van der Waals surface area contributed by atoms with Crippen LogP contribution in [-0.4, -0.2) is 80.6 Å². The van der Waals surface area contributed by atoms with E-state index in [0.29, 0.717) is 57.9 Å². The van der Waals surface area contributed by atoms with Crippen LogP contribution in [0, 0.1) is 0 Å². The number of sulfonamides is 1. The van der Waals surface area contributed by atoms with Gasteiger partial charge in [0.25, 0.3) is 10.9 Å². The maximum Gasteiger partial charge on any atom is 0.253 e. The average molecular weight is 536 g/mol. The smallest absolute Gasteiger partial charge is 0.253 e. The SMILES string of the molecule is O=c1c(NCCCCCS(=O)(=O)N(OCCN2CCOCC2)C2CCCC2)c(Nc2ccncc2)c1=O. The molecular formula is C25H37N5O6S. The van der Waals surface area contributed by atoms with E-state index >= 15 is 0 Å². The third kappa shape index (κ3) is 7.57. The molecule has 4 rings (SSSR count). The zero-order chi connectivity index (χ0) is 26.1. The van der Waals surface area contributed by atoms with Crippen molar-refractivity contribution in [1.29, 1.82) is 0 Å². The van der Waals surface area contributed by atoms with E-state index in [-0.39, 0.29) is 23.2 Å². The molecule has 0 amide bonds. The number of ether oxygens (including phenoxy) is 1. The molecule has 1 saturated heterocycles. The number of aromatic nitrogens is 1. The molecule has 11 nitrogen and oxygen atoms in total. The van der Waals surface area contributed by atoms with E-state index < -0.39 is 20.9 Å². The summed E-state index contributed by atoms with van der Waals surface area (Å²) in [6.45, 7) is 4.57. The zero-order valence-electron chi connectivity index (χ0n) is 21.2. The second-order valence-electron chi connectivity index (χ2n) is 9.55. The zero-order valence-corrected chi connectivity index (χ0v) is 22.0. The fraction of sp³-hybridized carbons (Fsp3) is 0.640. The lowest BCUT2D eigenvalue weighted by molar-refractivity contribution is -0.118. The molecule has 2 aromatic rings. The summed E-state index contributed by atoms with van der Waals surface area (Å²) in [5.74, 6) is 0.0238. The molecule has 1 aromatic heterocycles. The monoisotopic (exact) mass is 535 g/mol. The summed E-state index contributed by atoms with van der Waals surface area (Å²) in [6, 6.07) is 3.34. The van der Waals surface area contributed by atoms with Gasteiger partial charge in [-0.15, -0.1) is 0 Å². The fourth-order valence-corrected chi connectivity index (χ4v) is 6.41. The van der Waals surface area contributed by atoms with Gasteiger partial charge in [0.1, 0.15) is 11.4 Å². The predicted octanol–water partition coefficient (Wildman–Crippen LogP) is 1.84. The Bertz CT molecular complexity index is 1160. The molecule has 0 atom stereocenters. The minimum Gasteiger partial charge on any atom is -0.380 e. The molecule has 0 unspecified atom stereocenters. The fourth-order valence-electron chi connectivity index (χ4n) is 4.76. The van der Waals surface area contributed by atoms with Crippen LogP contribution in [0.4, 0.5) is 17.1 Å². The van der Waals surface area contributed by atoms with E-state index in [9.17, 15) is 18.0 Å². The van der Waals surface area contributed by atoms with Gasteiger partial charge in [0.2, 0.25) is 10.0 Å². The normalized spacial score (nSPS) is 17.5. The summed E-state index contributed by atoms with van der Waals surface area (Å²) in [5.41, 5.74) is 0.108. The second kappa shape index (κ2) is 13.4. The number of hydrogen-bond donors (Lipinski definition) is 2. The molecule has 1 aliphatic heterocycles. The van der Waals surface area contributed by atoms with Gasteiger partial charge in [0.05, 0.1) is 31.6 Å². The minimum absolute atomic E-state index is 0.0238. The van der Waals surface area contributed by atoms with Crippen LogP contribution in [0.2, 0.25) is 0 Å². The minimum atomic E-state index is -3.54. The molecule has 1 aliphatic carbocycles. The number of unbranched alkanes of at least 4 members (excludes halogenated alkanes) is 2. The molecule has 0 spiro atoms. The first kappa shape index (κ1) is 27.6. The Kier molecular flexibility index (Phi) is 10.0. The summed E-state index contributed by atoms with van der Waals surface area (Å²) in [5, 5.41) is 5.98. The van der Waals surface area contributed by atoms with Crippen molar-refractivity contribution >= 4 is 27.1 Å². The van der Waals surface area contributed by atoms with E-state index in [4.69, 9.17) is 9.57 Å². The molecular weight excluding hydrogens is 498 g/mol. The predicted molar refractivity (Wildman–Crippen MR) is 142 cm³/mol. The van der Waals surface area contributed by atoms with Crippen LogP contribution in [0.3, 0.4) is 0 Å². The molecule has 1 saturated carbocycles. The van der Waals surface area contributed by atoms with E-state index in [1.165, 1.54) is 4.47 Å². The topological polar surface area (TPSA) is 130 Å². The third-order valence-corrected chi connectivity index (χ3v) is 8.62. The Morgan fingerprint density at radius 1 is 1.03 bits per heavy atom. The van der Waals surface area contributed by atoms with Gasteiger partial charge in [-0.25, -0.2) is 8.42 Å². The van der Waals surface area contributed by atoms with Crippen LogP contribution in [0.5, 0.6) is 0 Å². The number of nitrogens with one attached hydrogen (secondary N) is 2. The summed E-state index contributed by atoms with van der Waals surface area (Å²) in [7, 11) is -3.54. The van der Waals surface area contributed by atoms with Gasteiger partial charge in [-0.2, -0.15) is 0 Å². The Hall–Kier alpha value is -2.38. The number of hydrogen-bond acceptors (Lipinski definition) is 10. The largest absolute Gasteiger partial charge is 0.380 e. The molecule has 2 N–H and O–H groups in total. The molecule has 1 aromatic carbocycles.